The third kappa shape index (κ3) is 5.72. The van der Waals surface area contributed by atoms with E-state index in [0.29, 0.717) is 23.8 Å². The molecule has 0 bridgehead atoms. The van der Waals surface area contributed by atoms with Gasteiger partial charge in [0.15, 0.2) is 6.10 Å². The first-order chi connectivity index (χ1) is 18.0. The first-order valence-electron chi connectivity index (χ1n) is 12.9. The first kappa shape index (κ1) is 26.9. The summed E-state index contributed by atoms with van der Waals surface area (Å²) in [6.45, 7) is 12.4. The minimum Gasteiger partial charge on any atom is -0.479 e. The second-order valence-electron chi connectivity index (χ2n) is 10.1. The molecule has 2 N–H and O–H groups in total. The third-order valence-corrected chi connectivity index (χ3v) is 7.09. The summed E-state index contributed by atoms with van der Waals surface area (Å²) in [6, 6.07) is 17.4. The van der Waals surface area contributed by atoms with Gasteiger partial charge >= 0.3 is 5.97 Å². The van der Waals surface area contributed by atoms with E-state index in [1.807, 2.05) is 44.2 Å². The summed E-state index contributed by atoms with van der Waals surface area (Å²) >= 11 is 0. The average Bonchev–Trinajstić information content (AvgIpc) is 3.13. The Hall–Kier alpha value is -4.13. The van der Waals surface area contributed by atoms with Crippen molar-refractivity contribution in [1.82, 2.24) is 14.9 Å². The number of aromatic nitrogens is 2. The fourth-order valence-corrected chi connectivity index (χ4v) is 4.58. The van der Waals surface area contributed by atoms with Gasteiger partial charge in [0.1, 0.15) is 5.75 Å². The predicted molar refractivity (Wildman–Crippen MR) is 149 cm³/mol. The molecule has 2 aromatic carbocycles. The van der Waals surface area contributed by atoms with Gasteiger partial charge in [-0.3, -0.25) is 9.78 Å². The monoisotopic (exact) mass is 513 g/mol. The maximum Gasteiger partial charge on any atom is 0.344 e. The Balaban J connectivity index is 1.56. The number of ether oxygens (including phenoxy) is 1. The summed E-state index contributed by atoms with van der Waals surface area (Å²) in [5.41, 5.74) is 6.87. The highest BCUT2D eigenvalue weighted by molar-refractivity contribution is 5.99. The lowest BCUT2D eigenvalue weighted by atomic mass is 9.98. The number of pyridine rings is 1. The Morgan fingerprint density at radius 1 is 1.00 bits per heavy atom. The van der Waals surface area contributed by atoms with Crippen LogP contribution in [0.25, 0.3) is 10.9 Å². The molecule has 2 heterocycles. The molecule has 0 fully saturated rings. The van der Waals surface area contributed by atoms with Gasteiger partial charge in [0.25, 0.3) is 5.91 Å². The number of carbonyl (C=O) groups is 2. The number of carbonyl (C=O) groups excluding carboxylic acids is 1. The highest BCUT2D eigenvalue weighted by atomic mass is 16.5. The molecule has 198 valence electrons. The molecule has 0 aliphatic heterocycles. The van der Waals surface area contributed by atoms with Gasteiger partial charge in [-0.1, -0.05) is 38.1 Å². The minimum absolute atomic E-state index is 0.113. The van der Waals surface area contributed by atoms with Crippen molar-refractivity contribution in [2.45, 2.75) is 66.2 Å². The number of fused-ring (bicyclic) bond motifs is 1. The lowest BCUT2D eigenvalue weighted by Gasteiger charge is -2.16. The molecule has 0 aliphatic rings. The van der Waals surface area contributed by atoms with Gasteiger partial charge in [0.05, 0.1) is 18.3 Å². The number of benzene rings is 2. The topological polar surface area (TPSA) is 93.4 Å². The van der Waals surface area contributed by atoms with E-state index in [1.165, 1.54) is 12.5 Å². The number of carboxylic acid groups (broad SMARTS) is 1. The van der Waals surface area contributed by atoms with E-state index in [9.17, 15) is 9.59 Å². The predicted octanol–water partition coefficient (Wildman–Crippen LogP) is 6.17. The summed E-state index contributed by atoms with van der Waals surface area (Å²) in [6.07, 6.45) is 0.668. The van der Waals surface area contributed by atoms with E-state index in [0.717, 1.165) is 33.4 Å². The zero-order valence-corrected chi connectivity index (χ0v) is 22.8. The maximum absolute atomic E-state index is 13.2. The number of aryl methyl sites for hydroxylation is 1. The second-order valence-corrected chi connectivity index (χ2v) is 10.1. The van der Waals surface area contributed by atoms with Gasteiger partial charge in [-0.05, 0) is 74.6 Å². The number of nitrogens with zero attached hydrogens (tertiary/aromatic N) is 2. The fraction of sp³-hybridized carbons (Fsp3) is 0.323. The van der Waals surface area contributed by atoms with Gasteiger partial charge < -0.3 is 19.7 Å². The Kier molecular flexibility index (Phi) is 7.86. The maximum atomic E-state index is 13.2. The molecule has 0 radical (unpaired) electrons. The van der Waals surface area contributed by atoms with E-state index >= 15 is 0 Å². The number of hydrogen-bond donors (Lipinski definition) is 2. The van der Waals surface area contributed by atoms with Gasteiger partial charge in [-0.15, -0.1) is 0 Å². The summed E-state index contributed by atoms with van der Waals surface area (Å²) in [7, 11) is 0. The lowest BCUT2D eigenvalue weighted by Crippen LogP contribution is -2.26. The quantitative estimate of drug-likeness (QED) is 0.279. The van der Waals surface area contributed by atoms with Crippen molar-refractivity contribution < 1.29 is 19.4 Å². The minimum atomic E-state index is -1.02. The Labute approximate surface area is 223 Å². The van der Waals surface area contributed by atoms with Crippen LogP contribution in [0.4, 0.5) is 0 Å². The van der Waals surface area contributed by atoms with Crippen LogP contribution in [0.5, 0.6) is 5.75 Å². The highest BCUT2D eigenvalue weighted by Gasteiger charge is 2.18. The molecule has 0 aliphatic carbocycles. The molecule has 38 heavy (non-hydrogen) atoms. The van der Waals surface area contributed by atoms with Crippen LogP contribution in [0.2, 0.25) is 0 Å². The van der Waals surface area contributed by atoms with Crippen molar-refractivity contribution in [2.75, 3.05) is 0 Å². The summed E-state index contributed by atoms with van der Waals surface area (Å²) in [5, 5.41) is 13.3. The van der Waals surface area contributed by atoms with Crippen LogP contribution in [-0.2, 0) is 11.3 Å². The molecule has 2 aromatic heterocycles. The largest absolute Gasteiger partial charge is 0.479 e. The zero-order valence-electron chi connectivity index (χ0n) is 22.8. The first-order valence-corrected chi connectivity index (χ1v) is 12.9. The molecular weight excluding hydrogens is 478 g/mol. The number of aliphatic carboxylic acids is 1. The van der Waals surface area contributed by atoms with Crippen LogP contribution in [0, 0.1) is 13.8 Å². The lowest BCUT2D eigenvalue weighted by molar-refractivity contribution is -0.144. The summed E-state index contributed by atoms with van der Waals surface area (Å²) in [5.74, 6) is -0.250. The van der Waals surface area contributed by atoms with Crippen molar-refractivity contribution in [1.29, 1.82) is 0 Å². The van der Waals surface area contributed by atoms with E-state index in [-0.39, 0.29) is 11.9 Å². The molecule has 2 atom stereocenters. The van der Waals surface area contributed by atoms with E-state index in [1.54, 1.807) is 18.3 Å². The fourth-order valence-electron chi connectivity index (χ4n) is 4.58. The van der Waals surface area contributed by atoms with Crippen LogP contribution in [0.15, 0.2) is 60.8 Å². The zero-order chi connectivity index (χ0) is 27.6. The summed E-state index contributed by atoms with van der Waals surface area (Å²) < 4.78 is 7.66. The number of rotatable bonds is 9. The van der Waals surface area contributed by atoms with E-state index in [4.69, 9.17) is 9.84 Å². The number of nitrogens with one attached hydrogen (secondary N) is 1. The molecule has 4 rings (SSSR count). The van der Waals surface area contributed by atoms with Gasteiger partial charge in [-0.25, -0.2) is 4.79 Å². The number of amides is 1. The van der Waals surface area contributed by atoms with Gasteiger partial charge in [0.2, 0.25) is 0 Å². The summed E-state index contributed by atoms with van der Waals surface area (Å²) in [4.78, 5) is 28.8. The Bertz CT molecular complexity index is 1490. The molecule has 1 unspecified atom stereocenters. The highest BCUT2D eigenvalue weighted by Crippen LogP contribution is 2.28. The van der Waals surface area contributed by atoms with Gasteiger partial charge in [-0.2, -0.15) is 0 Å². The van der Waals surface area contributed by atoms with E-state index < -0.39 is 12.1 Å². The van der Waals surface area contributed by atoms with Gasteiger partial charge in [0, 0.05) is 34.4 Å². The van der Waals surface area contributed by atoms with Crippen LogP contribution in [0.3, 0.4) is 0 Å². The number of carboxylic acids is 1. The van der Waals surface area contributed by atoms with E-state index in [2.05, 4.69) is 47.8 Å². The molecule has 1 amide bonds. The Morgan fingerprint density at radius 2 is 1.74 bits per heavy atom. The average molecular weight is 514 g/mol. The van der Waals surface area contributed by atoms with Crippen molar-refractivity contribution in [2.24, 2.45) is 0 Å². The van der Waals surface area contributed by atoms with Crippen LogP contribution in [-0.4, -0.2) is 32.6 Å². The molecule has 7 nitrogen and oxygen atoms in total. The molecule has 0 saturated carbocycles. The van der Waals surface area contributed by atoms with Crippen molar-refractivity contribution in [3.63, 3.8) is 0 Å². The smallest absolute Gasteiger partial charge is 0.344 e. The molecule has 0 spiro atoms. The Morgan fingerprint density at radius 3 is 2.45 bits per heavy atom. The normalized spacial score (nSPS) is 12.9. The molecular formula is C31H35N3O4. The van der Waals surface area contributed by atoms with Crippen molar-refractivity contribution >= 4 is 22.8 Å². The van der Waals surface area contributed by atoms with Crippen molar-refractivity contribution in [3.05, 3.63) is 94.4 Å². The SMILES string of the molecule is Cc1c(C)n(Cc2cc(OC(C)C(=O)O)ccn2)c2ccc(C(=O)N[C@@H](C)c3cccc(C(C)C)c3)cc12. The number of hydrogen-bond acceptors (Lipinski definition) is 4. The van der Waals surface area contributed by atoms with Crippen LogP contribution in [0.1, 0.15) is 78.1 Å². The third-order valence-electron chi connectivity index (χ3n) is 7.09. The van der Waals surface area contributed by atoms with Crippen molar-refractivity contribution in [3.8, 4) is 5.75 Å². The standard InChI is InChI=1S/C31H35N3O4/c1-18(2)23-8-7-9-24(14-23)20(4)33-30(35)25-10-11-29-28(15-25)19(3)21(5)34(29)17-26-16-27(12-13-32-26)38-22(6)31(36)37/h7-16,18,20,22H,17H2,1-6H3,(H,33,35)(H,36,37)/t20-,22?/m0/s1. The molecule has 7 heteroatoms. The van der Waals surface area contributed by atoms with Crippen LogP contribution >= 0.6 is 0 Å². The molecule has 0 saturated heterocycles. The second kappa shape index (κ2) is 11.1. The molecule has 4 aromatic rings. The van der Waals surface area contributed by atoms with Crippen LogP contribution < -0.4 is 10.1 Å².